The van der Waals surface area contributed by atoms with E-state index < -0.39 is 4.92 Å². The Morgan fingerprint density at radius 3 is 2.80 bits per heavy atom. The van der Waals surface area contributed by atoms with Gasteiger partial charge in [0, 0.05) is 12.4 Å². The topological polar surface area (TPSA) is 97.6 Å². The summed E-state index contributed by atoms with van der Waals surface area (Å²) in [7, 11) is 0. The molecule has 0 aromatic carbocycles. The van der Waals surface area contributed by atoms with E-state index in [0.29, 0.717) is 11.4 Å². The summed E-state index contributed by atoms with van der Waals surface area (Å²) in [6, 6.07) is 0. The Morgan fingerprint density at radius 2 is 2.13 bits per heavy atom. The molecule has 0 amide bonds. The maximum absolute atomic E-state index is 10.7. The van der Waals surface area contributed by atoms with Crippen molar-refractivity contribution in [2.75, 3.05) is 0 Å². The van der Waals surface area contributed by atoms with Crippen LogP contribution in [-0.4, -0.2) is 25.1 Å². The summed E-state index contributed by atoms with van der Waals surface area (Å²) in [5.74, 6) is 0. The summed E-state index contributed by atoms with van der Waals surface area (Å²) in [5, 5.41) is 16.8. The quantitative estimate of drug-likeness (QED) is 0.584. The molecule has 15 heavy (non-hydrogen) atoms. The van der Waals surface area contributed by atoms with Gasteiger partial charge in [0.2, 0.25) is 0 Å². The summed E-state index contributed by atoms with van der Waals surface area (Å²) in [6.07, 6.45) is 4.16. The van der Waals surface area contributed by atoms with E-state index in [0.717, 1.165) is 6.20 Å². The molecule has 0 aliphatic heterocycles. The number of aromatic amines is 1. The van der Waals surface area contributed by atoms with Gasteiger partial charge in [-0.3, -0.25) is 25.2 Å². The van der Waals surface area contributed by atoms with Crippen LogP contribution < -0.4 is 0 Å². The molecule has 7 heteroatoms. The molecule has 2 rings (SSSR count). The molecule has 1 N–H and O–H groups in total. The predicted octanol–water partition coefficient (Wildman–Crippen LogP) is 1.08. The van der Waals surface area contributed by atoms with Gasteiger partial charge in [0.15, 0.2) is 5.69 Å². The van der Waals surface area contributed by atoms with Gasteiger partial charge in [-0.25, -0.2) is 0 Å². The average molecular weight is 205 g/mol. The zero-order chi connectivity index (χ0) is 10.8. The van der Waals surface area contributed by atoms with Crippen LogP contribution in [0.4, 0.5) is 5.69 Å². The maximum atomic E-state index is 10.7. The first-order chi connectivity index (χ1) is 7.20. The van der Waals surface area contributed by atoms with Gasteiger partial charge in [-0.05, 0) is 6.92 Å². The number of aromatic nitrogens is 4. The summed E-state index contributed by atoms with van der Waals surface area (Å²) in [5.41, 5.74) is 1.25. The van der Waals surface area contributed by atoms with E-state index in [9.17, 15) is 10.1 Å². The normalized spacial score (nSPS) is 10.2. The number of nitrogens with one attached hydrogen (secondary N) is 1. The summed E-state index contributed by atoms with van der Waals surface area (Å²) >= 11 is 0. The van der Waals surface area contributed by atoms with Crippen LogP contribution in [-0.2, 0) is 0 Å². The van der Waals surface area contributed by atoms with Gasteiger partial charge in [0.1, 0.15) is 11.9 Å². The van der Waals surface area contributed by atoms with Gasteiger partial charge in [-0.2, -0.15) is 5.10 Å². The number of nitrogens with zero attached hydrogens (tertiary/aromatic N) is 4. The van der Waals surface area contributed by atoms with E-state index >= 15 is 0 Å². The Bertz CT molecular complexity index is 507. The lowest BCUT2D eigenvalue weighted by atomic mass is 10.2. The van der Waals surface area contributed by atoms with Crippen molar-refractivity contribution in [1.82, 2.24) is 20.2 Å². The Morgan fingerprint density at radius 1 is 1.40 bits per heavy atom. The number of rotatable bonds is 2. The molecular weight excluding hydrogens is 198 g/mol. The van der Waals surface area contributed by atoms with E-state index in [-0.39, 0.29) is 11.4 Å². The van der Waals surface area contributed by atoms with Crippen LogP contribution in [0, 0.1) is 17.0 Å². The van der Waals surface area contributed by atoms with Crippen molar-refractivity contribution < 1.29 is 4.92 Å². The second-order valence-corrected chi connectivity index (χ2v) is 2.88. The first-order valence-corrected chi connectivity index (χ1v) is 4.16. The van der Waals surface area contributed by atoms with Gasteiger partial charge >= 0.3 is 5.69 Å². The molecule has 2 aromatic rings. The van der Waals surface area contributed by atoms with Gasteiger partial charge in [0.25, 0.3) is 0 Å². The molecule has 2 aromatic heterocycles. The Kier molecular flexibility index (Phi) is 2.13. The molecule has 0 fully saturated rings. The first kappa shape index (κ1) is 9.25. The highest BCUT2D eigenvalue weighted by Crippen LogP contribution is 2.26. The fourth-order valence-electron chi connectivity index (χ4n) is 1.25. The highest BCUT2D eigenvalue weighted by Gasteiger charge is 2.20. The fraction of sp³-hybridized carbons (Fsp3) is 0.125. The molecule has 0 radical (unpaired) electrons. The third kappa shape index (κ3) is 1.54. The molecule has 0 unspecified atom stereocenters. The van der Waals surface area contributed by atoms with E-state index in [2.05, 4.69) is 20.2 Å². The second kappa shape index (κ2) is 3.45. The van der Waals surface area contributed by atoms with Crippen molar-refractivity contribution in [3.05, 3.63) is 34.4 Å². The molecule has 7 nitrogen and oxygen atoms in total. The maximum Gasteiger partial charge on any atom is 0.316 e. The second-order valence-electron chi connectivity index (χ2n) is 2.88. The number of hydrogen-bond donors (Lipinski definition) is 1. The molecule has 0 saturated carbocycles. The van der Waals surface area contributed by atoms with E-state index in [1.54, 1.807) is 6.92 Å². The van der Waals surface area contributed by atoms with Crippen molar-refractivity contribution in [2.24, 2.45) is 0 Å². The van der Waals surface area contributed by atoms with Crippen molar-refractivity contribution in [3.63, 3.8) is 0 Å². The van der Waals surface area contributed by atoms with Gasteiger partial charge < -0.3 is 0 Å². The zero-order valence-corrected chi connectivity index (χ0v) is 7.84. The van der Waals surface area contributed by atoms with Gasteiger partial charge in [-0.15, -0.1) is 0 Å². The molecule has 0 atom stereocenters. The van der Waals surface area contributed by atoms with Crippen LogP contribution in [0.2, 0.25) is 0 Å². The molecular formula is C8H7N5O2. The van der Waals surface area contributed by atoms with Crippen LogP contribution in [0.5, 0.6) is 0 Å². The van der Waals surface area contributed by atoms with Crippen LogP contribution in [0.15, 0.2) is 18.6 Å². The molecule has 0 aliphatic rings. The Labute approximate surface area is 84.3 Å². The van der Waals surface area contributed by atoms with Gasteiger partial charge in [-0.1, -0.05) is 0 Å². The third-order valence-electron chi connectivity index (χ3n) is 1.93. The lowest BCUT2D eigenvalue weighted by molar-refractivity contribution is -0.384. The zero-order valence-electron chi connectivity index (χ0n) is 7.84. The fourth-order valence-corrected chi connectivity index (χ4v) is 1.25. The Hall–Kier alpha value is -2.31. The average Bonchev–Trinajstić information content (AvgIpc) is 2.67. The number of H-pyrrole nitrogens is 1. The van der Waals surface area contributed by atoms with Crippen LogP contribution >= 0.6 is 0 Å². The van der Waals surface area contributed by atoms with Gasteiger partial charge in [0.05, 0.1) is 10.6 Å². The highest BCUT2D eigenvalue weighted by molar-refractivity contribution is 5.66. The third-order valence-corrected chi connectivity index (χ3v) is 1.93. The molecule has 2 heterocycles. The van der Waals surface area contributed by atoms with Crippen molar-refractivity contribution in [2.45, 2.75) is 6.92 Å². The minimum absolute atomic E-state index is 0.0985. The van der Waals surface area contributed by atoms with E-state index in [4.69, 9.17) is 0 Å². The summed E-state index contributed by atoms with van der Waals surface area (Å²) < 4.78 is 0. The lowest BCUT2D eigenvalue weighted by Gasteiger charge is -1.99. The van der Waals surface area contributed by atoms with E-state index in [1.807, 2.05) is 0 Å². The van der Waals surface area contributed by atoms with Crippen molar-refractivity contribution in [1.29, 1.82) is 0 Å². The van der Waals surface area contributed by atoms with Crippen molar-refractivity contribution in [3.8, 4) is 11.4 Å². The first-order valence-electron chi connectivity index (χ1n) is 4.16. The summed E-state index contributed by atoms with van der Waals surface area (Å²) in [6.45, 7) is 1.73. The monoisotopic (exact) mass is 205 g/mol. The molecule has 0 saturated heterocycles. The Balaban J connectivity index is 2.59. The summed E-state index contributed by atoms with van der Waals surface area (Å²) in [4.78, 5) is 18.2. The number of aryl methyl sites for hydroxylation is 1. The van der Waals surface area contributed by atoms with E-state index in [1.165, 1.54) is 12.4 Å². The van der Waals surface area contributed by atoms with Crippen LogP contribution in [0.1, 0.15) is 5.69 Å². The smallest absolute Gasteiger partial charge is 0.270 e. The predicted molar refractivity (Wildman–Crippen MR) is 51.0 cm³/mol. The molecule has 0 bridgehead atoms. The largest absolute Gasteiger partial charge is 0.316 e. The standard InChI is InChI=1S/C8H7N5O2/c1-5-7(10-3-2-9-5)8-6(13(14)15)4-11-12-8/h2-4H,1H3,(H,11,12). The molecule has 0 aliphatic carbocycles. The minimum atomic E-state index is -0.507. The number of hydrogen-bond acceptors (Lipinski definition) is 5. The van der Waals surface area contributed by atoms with Crippen LogP contribution in [0.3, 0.4) is 0 Å². The molecule has 0 spiro atoms. The SMILES string of the molecule is Cc1nccnc1-c1[nH]ncc1[N+](=O)[O-]. The van der Waals surface area contributed by atoms with Crippen molar-refractivity contribution >= 4 is 5.69 Å². The minimum Gasteiger partial charge on any atom is -0.270 e. The number of nitro groups is 1. The van der Waals surface area contributed by atoms with Crippen LogP contribution in [0.25, 0.3) is 11.4 Å². The molecule has 76 valence electrons. The highest BCUT2D eigenvalue weighted by atomic mass is 16.6. The lowest BCUT2D eigenvalue weighted by Crippen LogP contribution is -1.95.